The molecule has 0 radical (unpaired) electrons. The van der Waals surface area contributed by atoms with E-state index in [9.17, 15) is 35.1 Å². The number of hydrogen-bond acceptors (Lipinski definition) is 1. The Hall–Kier alpha value is -3.88. The summed E-state index contributed by atoms with van der Waals surface area (Å²) in [6.45, 7) is 0.867. The number of halogens is 8. The highest BCUT2D eigenvalue weighted by atomic mass is 19.2. The molecule has 0 unspecified atom stereocenters. The molecule has 192 valence electrons. The van der Waals surface area contributed by atoms with Crippen molar-refractivity contribution in [1.82, 2.24) is 0 Å². The first-order valence-corrected chi connectivity index (χ1v) is 11.1. The molecule has 0 amide bonds. The molecular formula is C28H18F8O. The van der Waals surface area contributed by atoms with Crippen LogP contribution in [0.5, 0.6) is 5.75 Å². The van der Waals surface area contributed by atoms with Gasteiger partial charge in [0.05, 0.1) is 5.56 Å². The molecule has 4 aromatic rings. The fourth-order valence-electron chi connectivity index (χ4n) is 3.83. The molecule has 1 nitrogen and oxygen atoms in total. The van der Waals surface area contributed by atoms with Crippen LogP contribution in [0.2, 0.25) is 0 Å². The summed E-state index contributed by atoms with van der Waals surface area (Å²) in [4.78, 5) is 0. The van der Waals surface area contributed by atoms with E-state index in [4.69, 9.17) is 0 Å². The molecule has 0 heterocycles. The van der Waals surface area contributed by atoms with Crippen molar-refractivity contribution in [3.63, 3.8) is 0 Å². The third kappa shape index (κ3) is 5.16. The Kier molecular flexibility index (Phi) is 7.52. The molecule has 0 saturated carbocycles. The van der Waals surface area contributed by atoms with Gasteiger partial charge in [-0.25, -0.2) is 26.3 Å². The van der Waals surface area contributed by atoms with E-state index in [0.29, 0.717) is 5.56 Å². The molecule has 9 heteroatoms. The van der Waals surface area contributed by atoms with Gasteiger partial charge in [-0.1, -0.05) is 49.7 Å². The van der Waals surface area contributed by atoms with Crippen LogP contribution in [0.15, 0.2) is 54.6 Å². The summed E-state index contributed by atoms with van der Waals surface area (Å²) in [5.41, 5.74) is 1.31. The Morgan fingerprint density at radius 1 is 0.568 bits per heavy atom. The van der Waals surface area contributed by atoms with Crippen LogP contribution in [-0.4, -0.2) is 0 Å². The first kappa shape index (κ1) is 26.2. The minimum absolute atomic E-state index is 0.114. The van der Waals surface area contributed by atoms with Crippen molar-refractivity contribution in [2.45, 2.75) is 26.4 Å². The fourth-order valence-corrected chi connectivity index (χ4v) is 3.83. The molecule has 4 rings (SSSR count). The van der Waals surface area contributed by atoms with E-state index in [1.54, 1.807) is 6.07 Å². The maximum Gasteiger partial charge on any atom is 0.207 e. The molecule has 0 aliphatic carbocycles. The molecule has 0 aliphatic heterocycles. The van der Waals surface area contributed by atoms with Crippen LogP contribution in [0.1, 0.15) is 24.5 Å². The van der Waals surface area contributed by atoms with Gasteiger partial charge < -0.3 is 4.74 Å². The summed E-state index contributed by atoms with van der Waals surface area (Å²) in [5.74, 6) is -16.5. The maximum absolute atomic E-state index is 14.9. The van der Waals surface area contributed by atoms with Crippen LogP contribution in [0.4, 0.5) is 35.1 Å². The van der Waals surface area contributed by atoms with Gasteiger partial charge in [-0.2, -0.15) is 8.78 Å². The topological polar surface area (TPSA) is 9.23 Å². The van der Waals surface area contributed by atoms with E-state index in [1.165, 1.54) is 12.1 Å². The fraction of sp³-hybridized carbons (Fsp3) is 0.143. The Labute approximate surface area is 207 Å². The minimum atomic E-state index is -2.40. The van der Waals surface area contributed by atoms with Crippen molar-refractivity contribution < 1.29 is 39.9 Å². The standard InChI is InChI=1S/C28H18F8O/c1-2-3-14-4-6-15(7-5-14)16-8-9-18(20(29)10-16)17-11-21(30)19(22(31)12-17)13-37-28-26(35)24(33)23(32)25(34)27(28)36/h4-12H,2-3,13H2,1H3. The molecule has 0 bridgehead atoms. The smallest absolute Gasteiger partial charge is 0.207 e. The number of hydrogen-bond donors (Lipinski definition) is 0. The van der Waals surface area contributed by atoms with E-state index in [0.717, 1.165) is 36.1 Å². The van der Waals surface area contributed by atoms with Crippen LogP contribution < -0.4 is 4.74 Å². The highest BCUT2D eigenvalue weighted by molar-refractivity contribution is 5.71. The van der Waals surface area contributed by atoms with Crippen molar-refractivity contribution in [2.75, 3.05) is 0 Å². The van der Waals surface area contributed by atoms with Gasteiger partial charge in [0.1, 0.15) is 24.1 Å². The van der Waals surface area contributed by atoms with Gasteiger partial charge in [0.2, 0.25) is 29.1 Å². The zero-order chi connectivity index (χ0) is 26.9. The molecule has 0 spiro atoms. The largest absolute Gasteiger partial charge is 0.482 e. The monoisotopic (exact) mass is 522 g/mol. The highest BCUT2D eigenvalue weighted by Gasteiger charge is 2.27. The van der Waals surface area contributed by atoms with E-state index >= 15 is 0 Å². The summed E-state index contributed by atoms with van der Waals surface area (Å²) in [7, 11) is 0. The van der Waals surface area contributed by atoms with Gasteiger partial charge in [0.25, 0.3) is 0 Å². The third-order valence-corrected chi connectivity index (χ3v) is 5.78. The second kappa shape index (κ2) is 10.6. The third-order valence-electron chi connectivity index (χ3n) is 5.78. The van der Waals surface area contributed by atoms with Crippen molar-refractivity contribution in [3.05, 3.63) is 112 Å². The quantitative estimate of drug-likeness (QED) is 0.134. The molecule has 37 heavy (non-hydrogen) atoms. The van der Waals surface area contributed by atoms with Crippen LogP contribution in [-0.2, 0) is 13.0 Å². The molecule has 0 aliphatic rings. The van der Waals surface area contributed by atoms with E-state index in [-0.39, 0.29) is 11.1 Å². The van der Waals surface area contributed by atoms with Crippen molar-refractivity contribution in [2.24, 2.45) is 0 Å². The summed E-state index contributed by atoms with van der Waals surface area (Å²) >= 11 is 0. The SMILES string of the molecule is CCCc1ccc(-c2ccc(-c3cc(F)c(COc4c(F)c(F)c(F)c(F)c4F)c(F)c3)c(F)c2)cc1. The van der Waals surface area contributed by atoms with Gasteiger partial charge >= 0.3 is 0 Å². The zero-order valence-corrected chi connectivity index (χ0v) is 19.2. The average molecular weight is 522 g/mol. The van der Waals surface area contributed by atoms with Crippen LogP contribution >= 0.6 is 0 Å². The minimum Gasteiger partial charge on any atom is -0.482 e. The highest BCUT2D eigenvalue weighted by Crippen LogP contribution is 2.33. The van der Waals surface area contributed by atoms with Crippen molar-refractivity contribution in [3.8, 4) is 28.0 Å². The lowest BCUT2D eigenvalue weighted by molar-refractivity contribution is 0.246. The summed E-state index contributed by atoms with van der Waals surface area (Å²) in [6.07, 6.45) is 1.89. The molecule has 0 N–H and O–H groups in total. The molecule has 0 fully saturated rings. The Bertz CT molecular complexity index is 1410. The first-order valence-electron chi connectivity index (χ1n) is 11.1. The molecule has 4 aromatic carbocycles. The molecule has 0 atom stereocenters. The molecule has 0 aromatic heterocycles. The lowest BCUT2D eigenvalue weighted by Crippen LogP contribution is -2.09. The van der Waals surface area contributed by atoms with E-state index in [2.05, 4.69) is 11.7 Å². The summed E-state index contributed by atoms with van der Waals surface area (Å²) in [5, 5.41) is 0. The van der Waals surface area contributed by atoms with Crippen molar-refractivity contribution >= 4 is 0 Å². The second-order valence-electron chi connectivity index (χ2n) is 8.25. The van der Waals surface area contributed by atoms with E-state index < -0.39 is 64.5 Å². The predicted molar refractivity (Wildman–Crippen MR) is 122 cm³/mol. The zero-order valence-electron chi connectivity index (χ0n) is 19.2. The van der Waals surface area contributed by atoms with Gasteiger partial charge in [0.15, 0.2) is 5.75 Å². The summed E-state index contributed by atoms with van der Waals surface area (Å²) in [6, 6.07) is 13.3. The number of rotatable bonds is 7. The lowest BCUT2D eigenvalue weighted by atomic mass is 9.97. The van der Waals surface area contributed by atoms with Crippen molar-refractivity contribution in [1.29, 1.82) is 0 Å². The number of benzene rings is 4. The average Bonchev–Trinajstić information content (AvgIpc) is 2.88. The Morgan fingerprint density at radius 3 is 1.62 bits per heavy atom. The Balaban J connectivity index is 1.59. The normalized spacial score (nSPS) is 11.2. The number of ether oxygens (including phenoxy) is 1. The van der Waals surface area contributed by atoms with Gasteiger partial charge in [-0.05, 0) is 46.9 Å². The Morgan fingerprint density at radius 2 is 1.08 bits per heavy atom. The predicted octanol–water partition coefficient (Wildman–Crippen LogP) is 8.66. The van der Waals surface area contributed by atoms with Crippen LogP contribution in [0, 0.1) is 46.5 Å². The second-order valence-corrected chi connectivity index (χ2v) is 8.25. The van der Waals surface area contributed by atoms with Gasteiger partial charge in [-0.3, -0.25) is 0 Å². The molecule has 0 saturated heterocycles. The van der Waals surface area contributed by atoms with E-state index in [1.807, 2.05) is 24.3 Å². The lowest BCUT2D eigenvalue weighted by Gasteiger charge is -2.13. The van der Waals surface area contributed by atoms with Gasteiger partial charge in [0, 0.05) is 5.56 Å². The maximum atomic E-state index is 14.9. The van der Waals surface area contributed by atoms with Gasteiger partial charge in [-0.15, -0.1) is 0 Å². The summed E-state index contributed by atoms with van der Waals surface area (Å²) < 4.78 is 116. The van der Waals surface area contributed by atoms with Crippen LogP contribution in [0.3, 0.4) is 0 Å². The molecular weight excluding hydrogens is 504 g/mol. The first-order chi connectivity index (χ1) is 17.6. The number of aryl methyl sites for hydroxylation is 1. The van der Waals surface area contributed by atoms with Crippen LogP contribution in [0.25, 0.3) is 22.3 Å².